The van der Waals surface area contributed by atoms with Crippen molar-refractivity contribution < 1.29 is 22.8 Å². The fraction of sp³-hybridized carbons (Fsp3) is 0.211. The number of hydrogen-bond donors (Lipinski definition) is 2. The number of H-pyrrole nitrogens is 1. The molecule has 0 aliphatic carbocycles. The van der Waals surface area contributed by atoms with Crippen molar-refractivity contribution in [2.45, 2.75) is 12.6 Å². The number of carbonyl (C=O) groups is 2. The maximum atomic E-state index is 12.8. The summed E-state index contributed by atoms with van der Waals surface area (Å²) in [5, 5.41) is 10.2. The predicted octanol–water partition coefficient (Wildman–Crippen LogP) is 3.57. The minimum Gasteiger partial charge on any atom is -0.326 e. The van der Waals surface area contributed by atoms with Crippen LogP contribution in [0, 0.1) is 5.92 Å². The van der Waals surface area contributed by atoms with Gasteiger partial charge in [0.1, 0.15) is 0 Å². The van der Waals surface area contributed by atoms with Gasteiger partial charge >= 0.3 is 6.18 Å². The third-order valence-electron chi connectivity index (χ3n) is 4.66. The molecule has 0 spiro atoms. The molecule has 0 radical (unpaired) electrons. The number of carbonyl (C=O) groups excluding carboxylic acids is 2. The molecule has 144 valence electrons. The Balaban J connectivity index is 1.50. The van der Waals surface area contributed by atoms with Crippen molar-refractivity contribution in [3.63, 3.8) is 0 Å². The van der Waals surface area contributed by atoms with Crippen LogP contribution >= 0.6 is 0 Å². The summed E-state index contributed by atoms with van der Waals surface area (Å²) < 4.78 is 38.5. The Morgan fingerprint density at radius 3 is 2.75 bits per heavy atom. The molecule has 2 aromatic carbocycles. The lowest BCUT2D eigenvalue weighted by molar-refractivity contribution is -0.137. The number of aromatic amines is 1. The lowest BCUT2D eigenvalue weighted by Crippen LogP contribution is -2.28. The van der Waals surface area contributed by atoms with E-state index in [0.29, 0.717) is 5.82 Å². The number of halogens is 3. The molecule has 2 N–H and O–H groups in total. The number of para-hydroxylation sites is 1. The number of nitrogens with zero attached hydrogens (tertiary/aromatic N) is 2. The van der Waals surface area contributed by atoms with Crippen molar-refractivity contribution in [3.8, 4) is 0 Å². The molecule has 1 aromatic heterocycles. The first-order valence-electron chi connectivity index (χ1n) is 8.54. The molecule has 9 heteroatoms. The molecule has 28 heavy (non-hydrogen) atoms. The van der Waals surface area contributed by atoms with Crippen LogP contribution in [0.1, 0.15) is 12.0 Å². The van der Waals surface area contributed by atoms with Gasteiger partial charge in [-0.3, -0.25) is 19.6 Å². The van der Waals surface area contributed by atoms with E-state index in [1.54, 1.807) is 0 Å². The quantitative estimate of drug-likeness (QED) is 0.720. The molecule has 1 atom stereocenters. The molecule has 0 bridgehead atoms. The van der Waals surface area contributed by atoms with Crippen molar-refractivity contribution in [1.29, 1.82) is 0 Å². The van der Waals surface area contributed by atoms with Crippen LogP contribution < -0.4 is 10.2 Å². The average molecular weight is 388 g/mol. The maximum absolute atomic E-state index is 12.8. The first-order chi connectivity index (χ1) is 13.3. The summed E-state index contributed by atoms with van der Waals surface area (Å²) in [6.45, 7) is 0.110. The van der Waals surface area contributed by atoms with Gasteiger partial charge in [0, 0.05) is 24.0 Å². The highest BCUT2D eigenvalue weighted by Gasteiger charge is 2.37. The molecule has 2 heterocycles. The van der Waals surface area contributed by atoms with Gasteiger partial charge in [0.2, 0.25) is 11.8 Å². The summed E-state index contributed by atoms with van der Waals surface area (Å²) in [4.78, 5) is 26.3. The minimum absolute atomic E-state index is 0.0357. The number of alkyl halides is 3. The number of benzene rings is 2. The van der Waals surface area contributed by atoms with Crippen molar-refractivity contribution >= 4 is 34.2 Å². The smallest absolute Gasteiger partial charge is 0.326 e. The first-order valence-corrected chi connectivity index (χ1v) is 8.54. The second-order valence-corrected chi connectivity index (χ2v) is 6.57. The molecule has 4 rings (SSSR count). The average Bonchev–Trinajstić information content (AvgIpc) is 3.24. The topological polar surface area (TPSA) is 78.1 Å². The van der Waals surface area contributed by atoms with Gasteiger partial charge in [-0.05, 0) is 30.3 Å². The number of rotatable bonds is 3. The Hall–Kier alpha value is -3.36. The molecular formula is C19H15F3N4O2. The van der Waals surface area contributed by atoms with Gasteiger partial charge in [0.05, 0.1) is 17.0 Å². The van der Waals surface area contributed by atoms with E-state index < -0.39 is 23.6 Å². The summed E-state index contributed by atoms with van der Waals surface area (Å²) in [5.41, 5.74) is -0.0458. The Bertz CT molecular complexity index is 1060. The molecule has 1 fully saturated rings. The van der Waals surface area contributed by atoms with Crippen LogP contribution in [0.3, 0.4) is 0 Å². The largest absolute Gasteiger partial charge is 0.416 e. The van der Waals surface area contributed by atoms with E-state index in [1.165, 1.54) is 17.0 Å². The van der Waals surface area contributed by atoms with Gasteiger partial charge in [0.15, 0.2) is 5.82 Å². The summed E-state index contributed by atoms with van der Waals surface area (Å²) in [7, 11) is 0. The van der Waals surface area contributed by atoms with Crippen LogP contribution in [0.2, 0.25) is 0 Å². The lowest BCUT2D eigenvalue weighted by atomic mass is 10.1. The van der Waals surface area contributed by atoms with E-state index >= 15 is 0 Å². The van der Waals surface area contributed by atoms with Crippen molar-refractivity contribution in [2.75, 3.05) is 16.8 Å². The van der Waals surface area contributed by atoms with Gasteiger partial charge in [-0.25, -0.2) is 0 Å². The van der Waals surface area contributed by atoms with Crippen LogP contribution in [0.25, 0.3) is 10.9 Å². The van der Waals surface area contributed by atoms with Gasteiger partial charge in [-0.1, -0.05) is 18.2 Å². The number of fused-ring (bicyclic) bond motifs is 1. The zero-order valence-corrected chi connectivity index (χ0v) is 14.5. The second kappa shape index (κ2) is 6.66. The van der Waals surface area contributed by atoms with Crippen molar-refractivity contribution in [3.05, 3.63) is 54.1 Å². The number of hydrogen-bond acceptors (Lipinski definition) is 3. The number of aromatic nitrogens is 2. The second-order valence-electron chi connectivity index (χ2n) is 6.57. The van der Waals surface area contributed by atoms with Gasteiger partial charge in [0.25, 0.3) is 0 Å². The summed E-state index contributed by atoms with van der Waals surface area (Å²) in [6.07, 6.45) is -4.53. The lowest BCUT2D eigenvalue weighted by Gasteiger charge is -2.15. The normalized spacial score (nSPS) is 17.3. The Kier molecular flexibility index (Phi) is 4.29. The summed E-state index contributed by atoms with van der Waals surface area (Å²) >= 11 is 0. The molecule has 3 aromatic rings. The standard InChI is InChI=1S/C19H15F3N4O2/c20-19(21,22)12-4-3-5-13(9-12)23-18(28)11-8-16(27)26(10-11)17-14-6-1-2-7-15(14)24-25-17/h1-7,9,11H,8,10H2,(H,23,28)(H,24,25)/t11-/m1/s1. The summed E-state index contributed by atoms with van der Waals surface area (Å²) in [6, 6.07) is 11.7. The molecule has 6 nitrogen and oxygen atoms in total. The van der Waals surface area contributed by atoms with Crippen LogP contribution in [-0.2, 0) is 15.8 Å². The molecule has 0 unspecified atom stereocenters. The van der Waals surface area contributed by atoms with Crippen LogP contribution in [0.15, 0.2) is 48.5 Å². The van der Waals surface area contributed by atoms with Gasteiger partial charge < -0.3 is 5.32 Å². The zero-order valence-electron chi connectivity index (χ0n) is 14.5. The third kappa shape index (κ3) is 3.30. The van der Waals surface area contributed by atoms with Crippen LogP contribution in [0.4, 0.5) is 24.7 Å². The number of nitrogens with one attached hydrogen (secondary N) is 2. The number of anilines is 2. The predicted molar refractivity (Wildman–Crippen MR) is 96.6 cm³/mol. The minimum atomic E-state index is -4.50. The van der Waals surface area contributed by atoms with E-state index in [-0.39, 0.29) is 24.6 Å². The van der Waals surface area contributed by atoms with Crippen LogP contribution in [0.5, 0.6) is 0 Å². The van der Waals surface area contributed by atoms with E-state index in [4.69, 9.17) is 0 Å². The SMILES string of the molecule is O=C(Nc1cccc(C(F)(F)F)c1)[C@@H]1CC(=O)N(c2n[nH]c3ccccc23)C1. The molecule has 1 saturated heterocycles. The number of amides is 2. The Labute approximate surface area is 157 Å². The highest BCUT2D eigenvalue weighted by atomic mass is 19.4. The molecular weight excluding hydrogens is 373 g/mol. The highest BCUT2D eigenvalue weighted by Crippen LogP contribution is 2.32. The Morgan fingerprint density at radius 1 is 1.18 bits per heavy atom. The summed E-state index contributed by atoms with van der Waals surface area (Å²) in [5.74, 6) is -1.01. The molecule has 1 aliphatic rings. The maximum Gasteiger partial charge on any atom is 0.416 e. The Morgan fingerprint density at radius 2 is 1.96 bits per heavy atom. The third-order valence-corrected chi connectivity index (χ3v) is 4.66. The molecule has 2 amide bonds. The fourth-order valence-electron chi connectivity index (χ4n) is 3.26. The van der Waals surface area contributed by atoms with E-state index in [9.17, 15) is 22.8 Å². The zero-order chi connectivity index (χ0) is 19.9. The van der Waals surface area contributed by atoms with E-state index in [1.807, 2.05) is 24.3 Å². The molecule has 0 saturated carbocycles. The van der Waals surface area contributed by atoms with E-state index in [0.717, 1.165) is 23.0 Å². The molecule has 1 aliphatic heterocycles. The van der Waals surface area contributed by atoms with Gasteiger partial charge in [-0.15, -0.1) is 0 Å². The van der Waals surface area contributed by atoms with Crippen molar-refractivity contribution in [2.24, 2.45) is 5.92 Å². The van der Waals surface area contributed by atoms with Crippen LogP contribution in [-0.4, -0.2) is 28.6 Å². The monoisotopic (exact) mass is 388 g/mol. The van der Waals surface area contributed by atoms with Gasteiger partial charge in [-0.2, -0.15) is 18.3 Å². The van der Waals surface area contributed by atoms with Crippen molar-refractivity contribution in [1.82, 2.24) is 10.2 Å². The fourth-order valence-corrected chi connectivity index (χ4v) is 3.26. The van der Waals surface area contributed by atoms with E-state index in [2.05, 4.69) is 15.5 Å². The first kappa shape index (κ1) is 18.0. The highest BCUT2D eigenvalue weighted by molar-refractivity contribution is 6.06.